The van der Waals surface area contributed by atoms with Crippen LogP contribution in [0.3, 0.4) is 0 Å². The Balaban J connectivity index is 2.60. The molecule has 9 nitrogen and oxygen atoms in total. The van der Waals surface area contributed by atoms with Gasteiger partial charge in [0.15, 0.2) is 0 Å². The second-order valence-electron chi connectivity index (χ2n) is 14.2. The number of carbonyl (C=O) groups is 4. The zero-order valence-corrected chi connectivity index (χ0v) is 28.9. The molecule has 0 bridgehead atoms. The van der Waals surface area contributed by atoms with Gasteiger partial charge in [0.1, 0.15) is 29.3 Å². The van der Waals surface area contributed by atoms with Crippen molar-refractivity contribution in [1.82, 2.24) is 15.5 Å². The van der Waals surface area contributed by atoms with Crippen LogP contribution in [0.25, 0.3) is 0 Å². The number of nitrogens with zero attached hydrogens (tertiary/aromatic N) is 1. The lowest BCUT2D eigenvalue weighted by atomic mass is 9.95. The standard InChI is InChI=1S/C36H53N3O6/c1-23(2)21-28(38-34(43)45-36(9,10)11)32(41)39(24(3)4)30(27-20-16-15-17-25(27)5)31(40)37-29(33(42)44-35(6,7)8)22-26-18-13-12-14-19-26/h12-20,23-24,28-30H,21-22H2,1-11H3,(H,37,40)(H,38,43). The van der Waals surface area contributed by atoms with E-state index in [0.29, 0.717) is 12.0 Å². The van der Waals surface area contributed by atoms with Crippen LogP contribution in [0.2, 0.25) is 0 Å². The third-order valence-electron chi connectivity index (χ3n) is 6.81. The molecule has 2 rings (SSSR count). The fraction of sp³-hybridized carbons (Fsp3) is 0.556. The highest BCUT2D eigenvalue weighted by Gasteiger charge is 2.40. The van der Waals surface area contributed by atoms with Gasteiger partial charge in [-0.2, -0.15) is 0 Å². The summed E-state index contributed by atoms with van der Waals surface area (Å²) < 4.78 is 11.2. The van der Waals surface area contributed by atoms with Crippen LogP contribution in [-0.2, 0) is 30.3 Å². The fourth-order valence-corrected chi connectivity index (χ4v) is 4.98. The molecule has 248 valence electrons. The molecule has 0 saturated heterocycles. The van der Waals surface area contributed by atoms with Crippen LogP contribution in [-0.4, -0.2) is 58.1 Å². The highest BCUT2D eigenvalue weighted by atomic mass is 16.6. The van der Waals surface area contributed by atoms with Crippen molar-refractivity contribution in [3.63, 3.8) is 0 Å². The topological polar surface area (TPSA) is 114 Å². The highest BCUT2D eigenvalue weighted by Crippen LogP contribution is 2.29. The molecule has 2 N–H and O–H groups in total. The molecule has 0 aromatic heterocycles. The molecule has 0 heterocycles. The van der Waals surface area contributed by atoms with Gasteiger partial charge >= 0.3 is 12.1 Å². The Morgan fingerprint density at radius 1 is 0.756 bits per heavy atom. The first-order valence-electron chi connectivity index (χ1n) is 15.7. The molecule has 0 saturated carbocycles. The van der Waals surface area contributed by atoms with Crippen molar-refractivity contribution >= 4 is 23.9 Å². The predicted octanol–water partition coefficient (Wildman–Crippen LogP) is 6.28. The van der Waals surface area contributed by atoms with Gasteiger partial charge < -0.3 is 25.0 Å². The maximum Gasteiger partial charge on any atom is 0.408 e. The SMILES string of the molecule is Cc1ccccc1C(C(=O)NC(Cc1ccccc1)C(=O)OC(C)(C)C)N(C(=O)C(CC(C)C)NC(=O)OC(C)(C)C)C(C)C. The Kier molecular flexibility index (Phi) is 13.2. The summed E-state index contributed by atoms with van der Waals surface area (Å²) in [5, 5.41) is 5.70. The summed E-state index contributed by atoms with van der Waals surface area (Å²) in [6, 6.07) is 13.2. The van der Waals surface area contributed by atoms with Crippen molar-refractivity contribution in [1.29, 1.82) is 0 Å². The molecule has 0 aliphatic heterocycles. The fourth-order valence-electron chi connectivity index (χ4n) is 4.98. The van der Waals surface area contributed by atoms with Gasteiger partial charge in [0, 0.05) is 12.5 Å². The summed E-state index contributed by atoms with van der Waals surface area (Å²) in [5.41, 5.74) is 0.723. The number of aryl methyl sites for hydroxylation is 1. The lowest BCUT2D eigenvalue weighted by Crippen LogP contribution is -2.57. The van der Waals surface area contributed by atoms with E-state index in [-0.39, 0.29) is 12.3 Å². The normalized spacial score (nSPS) is 13.9. The van der Waals surface area contributed by atoms with Gasteiger partial charge in [0.2, 0.25) is 11.8 Å². The quantitative estimate of drug-likeness (QED) is 0.269. The number of amides is 3. The third kappa shape index (κ3) is 12.2. The van der Waals surface area contributed by atoms with Crippen LogP contribution in [0.5, 0.6) is 0 Å². The molecule has 0 radical (unpaired) electrons. The Morgan fingerprint density at radius 2 is 1.31 bits per heavy atom. The van der Waals surface area contributed by atoms with E-state index in [0.717, 1.165) is 11.1 Å². The van der Waals surface area contributed by atoms with E-state index in [1.807, 2.05) is 83.1 Å². The van der Waals surface area contributed by atoms with Gasteiger partial charge in [-0.15, -0.1) is 0 Å². The summed E-state index contributed by atoms with van der Waals surface area (Å²) in [5.74, 6) is -1.48. The number of nitrogens with one attached hydrogen (secondary N) is 2. The smallest absolute Gasteiger partial charge is 0.408 e. The molecule has 2 aromatic carbocycles. The minimum atomic E-state index is -1.10. The number of carbonyl (C=O) groups excluding carboxylic acids is 4. The monoisotopic (exact) mass is 623 g/mol. The van der Waals surface area contributed by atoms with Gasteiger partial charge in [-0.25, -0.2) is 9.59 Å². The maximum absolute atomic E-state index is 14.4. The van der Waals surface area contributed by atoms with Crippen molar-refractivity contribution in [3.05, 3.63) is 71.3 Å². The van der Waals surface area contributed by atoms with E-state index < -0.39 is 59.2 Å². The maximum atomic E-state index is 14.4. The Morgan fingerprint density at radius 3 is 1.82 bits per heavy atom. The van der Waals surface area contributed by atoms with Gasteiger partial charge in [-0.05, 0) is 91.3 Å². The molecule has 0 spiro atoms. The van der Waals surface area contributed by atoms with Crippen molar-refractivity contribution in [2.45, 2.75) is 124 Å². The summed E-state index contributed by atoms with van der Waals surface area (Å²) in [7, 11) is 0. The van der Waals surface area contributed by atoms with Gasteiger partial charge in [0.05, 0.1) is 0 Å². The second-order valence-corrected chi connectivity index (χ2v) is 14.2. The number of esters is 1. The third-order valence-corrected chi connectivity index (χ3v) is 6.81. The lowest BCUT2D eigenvalue weighted by Gasteiger charge is -2.38. The Labute approximate surface area is 269 Å². The van der Waals surface area contributed by atoms with E-state index in [2.05, 4.69) is 10.6 Å². The molecule has 0 fully saturated rings. The van der Waals surface area contributed by atoms with Crippen LogP contribution < -0.4 is 10.6 Å². The molecule has 2 aromatic rings. The van der Waals surface area contributed by atoms with Crippen molar-refractivity contribution in [2.24, 2.45) is 5.92 Å². The molecule has 0 aliphatic rings. The van der Waals surface area contributed by atoms with Crippen LogP contribution in [0, 0.1) is 12.8 Å². The first kappa shape index (κ1) is 37.3. The van der Waals surface area contributed by atoms with E-state index in [1.54, 1.807) is 47.6 Å². The second kappa shape index (κ2) is 15.9. The first-order chi connectivity index (χ1) is 20.8. The van der Waals surface area contributed by atoms with E-state index in [9.17, 15) is 19.2 Å². The summed E-state index contributed by atoms with van der Waals surface area (Å²) in [4.78, 5) is 56.7. The zero-order valence-electron chi connectivity index (χ0n) is 28.9. The summed E-state index contributed by atoms with van der Waals surface area (Å²) in [6.45, 7) is 20.0. The molecule has 45 heavy (non-hydrogen) atoms. The van der Waals surface area contributed by atoms with E-state index in [1.165, 1.54) is 4.90 Å². The number of hydrogen-bond acceptors (Lipinski definition) is 6. The molecule has 3 atom stereocenters. The van der Waals surface area contributed by atoms with Gasteiger partial charge in [-0.3, -0.25) is 9.59 Å². The Hall–Kier alpha value is -3.88. The molecule has 0 aliphatic carbocycles. The average Bonchev–Trinajstić information content (AvgIpc) is 2.89. The zero-order chi connectivity index (χ0) is 34.1. The summed E-state index contributed by atoms with van der Waals surface area (Å²) in [6.07, 6.45) is -0.180. The molecule has 3 amide bonds. The minimum absolute atomic E-state index is 0.0519. The van der Waals surface area contributed by atoms with Crippen LogP contribution >= 0.6 is 0 Å². The average molecular weight is 624 g/mol. The molecule has 3 unspecified atom stereocenters. The van der Waals surface area contributed by atoms with Crippen molar-refractivity contribution in [3.8, 4) is 0 Å². The van der Waals surface area contributed by atoms with E-state index in [4.69, 9.17) is 9.47 Å². The van der Waals surface area contributed by atoms with Crippen LogP contribution in [0.15, 0.2) is 54.6 Å². The Bertz CT molecular complexity index is 1290. The number of benzene rings is 2. The van der Waals surface area contributed by atoms with E-state index >= 15 is 0 Å². The minimum Gasteiger partial charge on any atom is -0.458 e. The number of alkyl carbamates (subject to hydrolysis) is 1. The van der Waals surface area contributed by atoms with Crippen LogP contribution in [0.1, 0.15) is 98.4 Å². The molecule has 9 heteroatoms. The van der Waals surface area contributed by atoms with Gasteiger partial charge in [-0.1, -0.05) is 68.4 Å². The number of ether oxygens (including phenoxy) is 2. The largest absolute Gasteiger partial charge is 0.458 e. The predicted molar refractivity (Wildman–Crippen MR) is 176 cm³/mol. The van der Waals surface area contributed by atoms with Crippen molar-refractivity contribution in [2.75, 3.05) is 0 Å². The lowest BCUT2D eigenvalue weighted by molar-refractivity contribution is -0.159. The number of rotatable bonds is 12. The molecular formula is C36H53N3O6. The number of hydrogen-bond donors (Lipinski definition) is 2. The highest BCUT2D eigenvalue weighted by molar-refractivity contribution is 5.94. The van der Waals surface area contributed by atoms with Crippen LogP contribution in [0.4, 0.5) is 4.79 Å². The van der Waals surface area contributed by atoms with Gasteiger partial charge in [0.25, 0.3) is 0 Å². The summed E-state index contributed by atoms with van der Waals surface area (Å²) >= 11 is 0. The first-order valence-corrected chi connectivity index (χ1v) is 15.7. The molecular weight excluding hydrogens is 570 g/mol. The van der Waals surface area contributed by atoms with Crippen molar-refractivity contribution < 1.29 is 28.7 Å².